The number of ketones is 1. The molecule has 0 spiro atoms. The monoisotopic (exact) mass is 332 g/mol. The topological polar surface area (TPSA) is 84.9 Å². The van der Waals surface area contributed by atoms with E-state index >= 15 is 0 Å². The van der Waals surface area contributed by atoms with Crippen LogP contribution in [0.15, 0.2) is 42.2 Å². The third-order valence-electron chi connectivity index (χ3n) is 2.96. The van der Waals surface area contributed by atoms with Crippen LogP contribution in [0, 0.1) is 0 Å². The number of carbonyl (C=O) groups excluding carboxylic acids is 3. The van der Waals surface area contributed by atoms with Gasteiger partial charge in [0.2, 0.25) is 0 Å². The molecule has 1 fully saturated rings. The fourth-order valence-corrected chi connectivity index (χ4v) is 1.92. The maximum atomic E-state index is 12.4. The first-order valence-corrected chi connectivity index (χ1v) is 7.54. The number of hydrogen-bond donors (Lipinski definition) is 1. The average molecular weight is 332 g/mol. The van der Waals surface area contributed by atoms with Crippen molar-refractivity contribution in [1.29, 1.82) is 0 Å². The fourth-order valence-electron chi connectivity index (χ4n) is 1.92. The predicted molar refractivity (Wildman–Crippen MR) is 86.2 cm³/mol. The maximum absolute atomic E-state index is 12.4. The van der Waals surface area contributed by atoms with Crippen molar-refractivity contribution in [2.24, 2.45) is 0 Å². The van der Waals surface area contributed by atoms with Gasteiger partial charge in [0.15, 0.2) is 5.78 Å². The number of imide groups is 1. The number of allylic oxidation sites excluding steroid dienone is 1. The maximum Gasteiger partial charge on any atom is 0.429 e. The molecule has 1 aliphatic heterocycles. The second kappa shape index (κ2) is 7.16. The molecule has 1 aliphatic rings. The first-order valence-electron chi connectivity index (χ1n) is 7.54. The van der Waals surface area contributed by atoms with Crippen LogP contribution in [0.4, 0.5) is 9.59 Å². The third-order valence-corrected chi connectivity index (χ3v) is 2.96. The molecule has 0 aliphatic carbocycles. The van der Waals surface area contributed by atoms with Crippen LogP contribution >= 0.6 is 0 Å². The molecule has 0 aromatic heterocycles. The molecule has 24 heavy (non-hydrogen) atoms. The lowest BCUT2D eigenvalue weighted by atomic mass is 10.2. The fraction of sp³-hybridized carbons (Fsp3) is 0.353. The largest absolute Gasteiger partial charge is 0.443 e. The van der Waals surface area contributed by atoms with Gasteiger partial charge in [0.25, 0.3) is 0 Å². The van der Waals surface area contributed by atoms with E-state index in [2.05, 4.69) is 5.32 Å². The highest BCUT2D eigenvalue weighted by molar-refractivity contribution is 5.99. The Bertz CT molecular complexity index is 661. The zero-order valence-electron chi connectivity index (χ0n) is 13.9. The zero-order chi connectivity index (χ0) is 17.7. The summed E-state index contributed by atoms with van der Waals surface area (Å²) in [5.74, 6) is 0.0937. The Morgan fingerprint density at radius 1 is 1.17 bits per heavy atom. The Labute approximate surface area is 140 Å². The summed E-state index contributed by atoms with van der Waals surface area (Å²) in [6.07, 6.45) is -0.446. The number of hydrogen-bond acceptors (Lipinski definition) is 6. The Kier molecular flexibility index (Phi) is 5.23. The Balaban J connectivity index is 2.23. The summed E-state index contributed by atoms with van der Waals surface area (Å²) in [6, 6.07) is 8.32. The second-order valence-corrected chi connectivity index (χ2v) is 6.17. The van der Waals surface area contributed by atoms with Crippen LogP contribution in [0.2, 0.25) is 0 Å². The molecule has 2 rings (SSSR count). The molecular formula is C17H20N2O5. The van der Waals surface area contributed by atoms with Crippen LogP contribution < -0.4 is 10.1 Å². The molecular weight excluding hydrogens is 312 g/mol. The molecule has 1 heterocycles. The molecule has 1 N–H and O–H groups in total. The van der Waals surface area contributed by atoms with Gasteiger partial charge in [-0.1, -0.05) is 18.2 Å². The van der Waals surface area contributed by atoms with E-state index in [1.54, 1.807) is 51.1 Å². The van der Waals surface area contributed by atoms with Crippen molar-refractivity contribution in [1.82, 2.24) is 10.2 Å². The van der Waals surface area contributed by atoms with E-state index in [0.717, 1.165) is 6.20 Å². The van der Waals surface area contributed by atoms with E-state index in [-0.39, 0.29) is 17.2 Å². The third kappa shape index (κ3) is 4.84. The summed E-state index contributed by atoms with van der Waals surface area (Å²) in [5.41, 5.74) is -0.626. The summed E-state index contributed by atoms with van der Waals surface area (Å²) in [6.45, 7) is 5.49. The molecule has 0 bridgehead atoms. The van der Waals surface area contributed by atoms with Crippen molar-refractivity contribution in [2.45, 2.75) is 32.8 Å². The summed E-state index contributed by atoms with van der Waals surface area (Å²) >= 11 is 0. The van der Waals surface area contributed by atoms with Crippen molar-refractivity contribution in [3.8, 4) is 5.75 Å². The lowest BCUT2D eigenvalue weighted by Crippen LogP contribution is -2.39. The highest BCUT2D eigenvalue weighted by Crippen LogP contribution is 2.16. The number of nitrogens with one attached hydrogen (secondary N) is 1. The molecule has 7 nitrogen and oxygen atoms in total. The van der Waals surface area contributed by atoms with Crippen LogP contribution in [0.5, 0.6) is 5.75 Å². The quantitative estimate of drug-likeness (QED) is 0.838. The summed E-state index contributed by atoms with van der Waals surface area (Å²) in [4.78, 5) is 37.1. The van der Waals surface area contributed by atoms with Gasteiger partial charge in [0.05, 0.1) is 5.70 Å². The van der Waals surface area contributed by atoms with Crippen molar-refractivity contribution < 1.29 is 23.9 Å². The summed E-state index contributed by atoms with van der Waals surface area (Å²) < 4.78 is 10.4. The van der Waals surface area contributed by atoms with Gasteiger partial charge in [0, 0.05) is 19.2 Å². The van der Waals surface area contributed by atoms with Crippen molar-refractivity contribution in [3.63, 3.8) is 0 Å². The van der Waals surface area contributed by atoms with E-state index in [0.29, 0.717) is 17.9 Å². The van der Waals surface area contributed by atoms with Gasteiger partial charge in [-0.25, -0.2) is 9.59 Å². The van der Waals surface area contributed by atoms with Gasteiger partial charge in [-0.15, -0.1) is 0 Å². The molecule has 1 aromatic carbocycles. The first-order chi connectivity index (χ1) is 11.3. The molecule has 128 valence electrons. The van der Waals surface area contributed by atoms with Crippen LogP contribution in [0.1, 0.15) is 27.2 Å². The standard InChI is InChI=1S/C17H20N2O5/c1-17(2,3)24-16(22)19(11-13-14(20)9-10-18-13)15(21)23-12-7-5-4-6-8-12/h4-8,11,18H,9-10H2,1-3H3/b13-11+. The number of amides is 2. The van der Waals surface area contributed by atoms with Crippen molar-refractivity contribution >= 4 is 18.0 Å². The van der Waals surface area contributed by atoms with Gasteiger partial charge in [0.1, 0.15) is 11.4 Å². The molecule has 0 saturated carbocycles. The highest BCUT2D eigenvalue weighted by Gasteiger charge is 2.30. The minimum Gasteiger partial charge on any atom is -0.443 e. The number of rotatable bonds is 2. The molecule has 2 amide bonds. The molecule has 0 atom stereocenters. The van der Waals surface area contributed by atoms with E-state index < -0.39 is 17.8 Å². The normalized spacial score (nSPS) is 15.8. The van der Waals surface area contributed by atoms with Gasteiger partial charge >= 0.3 is 12.2 Å². The van der Waals surface area contributed by atoms with Gasteiger partial charge in [-0.05, 0) is 32.9 Å². The number of ether oxygens (including phenoxy) is 2. The Morgan fingerprint density at radius 3 is 2.38 bits per heavy atom. The Morgan fingerprint density at radius 2 is 1.83 bits per heavy atom. The lowest BCUT2D eigenvalue weighted by Gasteiger charge is -2.24. The first kappa shape index (κ1) is 17.5. The molecule has 1 saturated heterocycles. The average Bonchev–Trinajstić information content (AvgIpc) is 2.89. The van der Waals surface area contributed by atoms with Crippen molar-refractivity contribution in [2.75, 3.05) is 6.54 Å². The van der Waals surface area contributed by atoms with E-state index in [9.17, 15) is 14.4 Å². The lowest BCUT2D eigenvalue weighted by molar-refractivity contribution is -0.114. The highest BCUT2D eigenvalue weighted by atomic mass is 16.6. The van der Waals surface area contributed by atoms with Crippen LogP contribution in [0.25, 0.3) is 0 Å². The van der Waals surface area contributed by atoms with Crippen LogP contribution in [-0.4, -0.2) is 35.0 Å². The van der Waals surface area contributed by atoms with Gasteiger partial charge in [-0.3, -0.25) is 4.79 Å². The predicted octanol–water partition coefficient (Wildman–Crippen LogP) is 2.83. The molecule has 7 heteroatoms. The van der Waals surface area contributed by atoms with Crippen LogP contribution in [-0.2, 0) is 9.53 Å². The Hall–Kier alpha value is -2.83. The number of Topliss-reactive ketones (excluding diaryl/α,β-unsaturated/α-hetero) is 1. The van der Waals surface area contributed by atoms with E-state index in [4.69, 9.17) is 9.47 Å². The van der Waals surface area contributed by atoms with Gasteiger partial charge in [-0.2, -0.15) is 4.90 Å². The number of para-hydroxylation sites is 1. The SMILES string of the molecule is CC(C)(C)OC(=O)N(/C=C1/NCCC1=O)C(=O)Oc1ccccc1. The molecule has 1 aromatic rings. The number of carbonyl (C=O) groups is 3. The smallest absolute Gasteiger partial charge is 0.429 e. The zero-order valence-corrected chi connectivity index (χ0v) is 13.9. The van der Waals surface area contributed by atoms with E-state index in [1.165, 1.54) is 0 Å². The van der Waals surface area contributed by atoms with Crippen molar-refractivity contribution in [3.05, 3.63) is 42.2 Å². The number of nitrogens with zero attached hydrogens (tertiary/aromatic N) is 1. The van der Waals surface area contributed by atoms with E-state index in [1.807, 2.05) is 0 Å². The summed E-state index contributed by atoms with van der Waals surface area (Å²) in [5, 5.41) is 2.83. The minimum atomic E-state index is -0.954. The van der Waals surface area contributed by atoms with Gasteiger partial charge < -0.3 is 14.8 Å². The second-order valence-electron chi connectivity index (χ2n) is 6.17. The summed E-state index contributed by atoms with van der Waals surface area (Å²) in [7, 11) is 0. The minimum absolute atomic E-state index is 0.172. The molecule has 0 unspecified atom stereocenters. The number of benzene rings is 1. The molecule has 0 radical (unpaired) electrons. The van der Waals surface area contributed by atoms with Crippen LogP contribution in [0.3, 0.4) is 0 Å².